The van der Waals surface area contributed by atoms with Gasteiger partial charge in [0.2, 0.25) is 0 Å². The Morgan fingerprint density at radius 2 is 2.31 bits per heavy atom. The molecule has 0 saturated heterocycles. The number of rotatable bonds is 6. The Labute approximate surface area is 101 Å². The largest absolute Gasteiger partial charge is 0.479 e. The maximum Gasteiger partial charge on any atom is 0.337 e. The van der Waals surface area contributed by atoms with E-state index < -0.39 is 12.1 Å². The molecule has 0 aliphatic carbocycles. The highest BCUT2D eigenvalue weighted by molar-refractivity contribution is 9.10. The average Bonchev–Trinajstić information content (AvgIpc) is 2.24. The van der Waals surface area contributed by atoms with Crippen LogP contribution in [0.2, 0.25) is 0 Å². The van der Waals surface area contributed by atoms with E-state index in [-0.39, 0.29) is 13.2 Å². The third kappa shape index (κ3) is 3.88. The first kappa shape index (κ1) is 13.1. The molecule has 0 saturated carbocycles. The van der Waals surface area contributed by atoms with Gasteiger partial charge in [0.05, 0.1) is 6.61 Å². The van der Waals surface area contributed by atoms with Crippen LogP contribution < -0.4 is 0 Å². The van der Waals surface area contributed by atoms with Gasteiger partial charge in [-0.25, -0.2) is 4.79 Å². The summed E-state index contributed by atoms with van der Waals surface area (Å²) in [5, 5.41) is 17.6. The summed E-state index contributed by atoms with van der Waals surface area (Å²) in [4.78, 5) is 14.9. The summed E-state index contributed by atoms with van der Waals surface area (Å²) in [7, 11) is 0. The predicted molar refractivity (Wildman–Crippen MR) is 60.0 cm³/mol. The van der Waals surface area contributed by atoms with E-state index in [1.54, 1.807) is 12.3 Å². The summed E-state index contributed by atoms with van der Waals surface area (Å²) in [5.41, 5.74) is 0.472. The molecule has 1 aromatic rings. The highest BCUT2D eigenvalue weighted by Crippen LogP contribution is 2.20. The second kappa shape index (κ2) is 6.57. The van der Waals surface area contributed by atoms with Crippen molar-refractivity contribution in [2.75, 3.05) is 13.2 Å². The third-order valence-electron chi connectivity index (χ3n) is 1.84. The van der Waals surface area contributed by atoms with Gasteiger partial charge in [-0.05, 0) is 28.4 Å². The van der Waals surface area contributed by atoms with Gasteiger partial charge in [0, 0.05) is 29.0 Å². The zero-order valence-corrected chi connectivity index (χ0v) is 10.1. The van der Waals surface area contributed by atoms with Crippen LogP contribution in [0.1, 0.15) is 18.1 Å². The van der Waals surface area contributed by atoms with Crippen LogP contribution in [0.3, 0.4) is 0 Å². The smallest absolute Gasteiger partial charge is 0.337 e. The molecule has 1 atom stereocenters. The molecular weight excluding hydrogens is 278 g/mol. The van der Waals surface area contributed by atoms with Gasteiger partial charge in [-0.1, -0.05) is 0 Å². The molecule has 0 spiro atoms. The Hall–Kier alpha value is -0.980. The molecule has 0 aliphatic heterocycles. The Bertz CT molecular complexity index is 358. The minimum absolute atomic E-state index is 0.0247. The van der Waals surface area contributed by atoms with E-state index in [4.69, 9.17) is 14.9 Å². The molecule has 0 bridgehead atoms. The minimum atomic E-state index is -1.07. The summed E-state index contributed by atoms with van der Waals surface area (Å²) in [6.45, 7) is 0.170. The molecule has 88 valence electrons. The molecule has 1 unspecified atom stereocenters. The number of hydrogen-bond donors (Lipinski definition) is 2. The van der Waals surface area contributed by atoms with Crippen molar-refractivity contribution < 1.29 is 19.7 Å². The molecule has 1 heterocycles. The van der Waals surface area contributed by atoms with E-state index in [2.05, 4.69) is 20.9 Å². The zero-order chi connectivity index (χ0) is 12.0. The number of ether oxygens (including phenoxy) is 1. The first-order chi connectivity index (χ1) is 7.65. The van der Waals surface area contributed by atoms with Crippen molar-refractivity contribution in [2.24, 2.45) is 0 Å². The van der Waals surface area contributed by atoms with Gasteiger partial charge in [-0.15, -0.1) is 0 Å². The van der Waals surface area contributed by atoms with Crippen LogP contribution in [-0.2, 0) is 9.53 Å². The van der Waals surface area contributed by atoms with Gasteiger partial charge >= 0.3 is 5.97 Å². The summed E-state index contributed by atoms with van der Waals surface area (Å²) in [6, 6.07) is 1.64. The van der Waals surface area contributed by atoms with E-state index in [0.717, 1.165) is 0 Å². The molecule has 5 nitrogen and oxygen atoms in total. The normalized spacial score (nSPS) is 12.4. The second-order valence-corrected chi connectivity index (χ2v) is 4.02. The van der Waals surface area contributed by atoms with E-state index >= 15 is 0 Å². The van der Waals surface area contributed by atoms with Crippen LogP contribution in [0.25, 0.3) is 0 Å². The predicted octanol–water partition coefficient (Wildman–Crippen LogP) is 1.37. The summed E-state index contributed by atoms with van der Waals surface area (Å²) >= 11 is 3.21. The molecule has 0 aliphatic rings. The molecule has 1 rings (SSSR count). The highest BCUT2D eigenvalue weighted by atomic mass is 79.9. The highest BCUT2D eigenvalue weighted by Gasteiger charge is 2.20. The SMILES string of the molecule is O=C(O)C(OCCCO)c1cncc(Br)c1. The standard InChI is InChI=1S/C10H12BrNO4/c11-8-4-7(5-12-6-8)9(10(14)15)16-3-1-2-13/h4-6,9,13H,1-3H2,(H,14,15). The van der Waals surface area contributed by atoms with Gasteiger partial charge in [0.1, 0.15) is 0 Å². The number of carboxylic acid groups (broad SMARTS) is 1. The second-order valence-electron chi connectivity index (χ2n) is 3.10. The fraction of sp³-hybridized carbons (Fsp3) is 0.400. The van der Waals surface area contributed by atoms with Gasteiger partial charge < -0.3 is 14.9 Å². The van der Waals surface area contributed by atoms with Crippen molar-refractivity contribution in [2.45, 2.75) is 12.5 Å². The van der Waals surface area contributed by atoms with Crippen LogP contribution in [0, 0.1) is 0 Å². The van der Waals surface area contributed by atoms with E-state index in [9.17, 15) is 4.79 Å². The maximum absolute atomic E-state index is 11.0. The Morgan fingerprint density at radius 3 is 2.88 bits per heavy atom. The lowest BCUT2D eigenvalue weighted by atomic mass is 10.1. The number of aliphatic carboxylic acids is 1. The fourth-order valence-corrected chi connectivity index (χ4v) is 1.53. The van der Waals surface area contributed by atoms with Crippen molar-refractivity contribution in [3.05, 3.63) is 28.5 Å². The number of hydrogen-bond acceptors (Lipinski definition) is 4. The number of pyridine rings is 1. The van der Waals surface area contributed by atoms with E-state index in [1.165, 1.54) is 6.20 Å². The van der Waals surface area contributed by atoms with Gasteiger partial charge in [-0.3, -0.25) is 4.98 Å². The van der Waals surface area contributed by atoms with Crippen molar-refractivity contribution in [3.8, 4) is 0 Å². The molecular formula is C10H12BrNO4. The van der Waals surface area contributed by atoms with Crippen LogP contribution >= 0.6 is 15.9 Å². The maximum atomic E-state index is 11.0. The van der Waals surface area contributed by atoms with E-state index in [1.807, 2.05) is 0 Å². The number of carboxylic acids is 1. The lowest BCUT2D eigenvalue weighted by Crippen LogP contribution is -2.16. The number of carbonyl (C=O) groups is 1. The topological polar surface area (TPSA) is 79.7 Å². The summed E-state index contributed by atoms with van der Waals surface area (Å²) in [5.74, 6) is -1.07. The number of nitrogens with zero attached hydrogens (tertiary/aromatic N) is 1. The molecule has 2 N–H and O–H groups in total. The van der Waals surface area contributed by atoms with Crippen LogP contribution in [0.4, 0.5) is 0 Å². The first-order valence-corrected chi connectivity index (χ1v) is 5.50. The van der Waals surface area contributed by atoms with Crippen LogP contribution in [0.15, 0.2) is 22.9 Å². The summed E-state index contributed by atoms with van der Waals surface area (Å²) < 4.78 is 5.86. The van der Waals surface area contributed by atoms with Gasteiger partial charge in [-0.2, -0.15) is 0 Å². The minimum Gasteiger partial charge on any atom is -0.479 e. The van der Waals surface area contributed by atoms with Crippen molar-refractivity contribution in [1.29, 1.82) is 0 Å². The summed E-state index contributed by atoms with van der Waals surface area (Å²) in [6.07, 6.45) is 2.38. The number of aromatic nitrogens is 1. The van der Waals surface area contributed by atoms with Crippen molar-refractivity contribution in [1.82, 2.24) is 4.98 Å². The van der Waals surface area contributed by atoms with Crippen LogP contribution in [-0.4, -0.2) is 34.4 Å². The molecule has 0 aromatic carbocycles. The fourth-order valence-electron chi connectivity index (χ4n) is 1.15. The monoisotopic (exact) mass is 289 g/mol. The lowest BCUT2D eigenvalue weighted by molar-refractivity contribution is -0.151. The zero-order valence-electron chi connectivity index (χ0n) is 8.47. The van der Waals surface area contributed by atoms with Gasteiger partial charge in [0.15, 0.2) is 6.10 Å². The van der Waals surface area contributed by atoms with Crippen molar-refractivity contribution in [3.63, 3.8) is 0 Å². The molecule has 6 heteroatoms. The molecule has 0 radical (unpaired) electrons. The van der Waals surface area contributed by atoms with Gasteiger partial charge in [0.25, 0.3) is 0 Å². The number of aliphatic hydroxyl groups excluding tert-OH is 1. The third-order valence-corrected chi connectivity index (χ3v) is 2.27. The lowest BCUT2D eigenvalue weighted by Gasteiger charge is -2.13. The molecule has 0 amide bonds. The van der Waals surface area contributed by atoms with E-state index in [0.29, 0.717) is 16.5 Å². The number of aliphatic hydroxyl groups is 1. The Balaban J connectivity index is 2.73. The number of halogens is 1. The molecule has 1 aromatic heterocycles. The first-order valence-electron chi connectivity index (χ1n) is 4.71. The molecule has 16 heavy (non-hydrogen) atoms. The quantitative estimate of drug-likeness (QED) is 0.773. The van der Waals surface area contributed by atoms with Crippen molar-refractivity contribution >= 4 is 21.9 Å². The Morgan fingerprint density at radius 1 is 1.56 bits per heavy atom. The average molecular weight is 290 g/mol. The van der Waals surface area contributed by atoms with Crippen LogP contribution in [0.5, 0.6) is 0 Å². The Kier molecular flexibility index (Phi) is 5.37. The molecule has 0 fully saturated rings.